The maximum Gasteiger partial charge on any atom is 0.0701 e. The molecule has 0 aromatic carbocycles. The molecule has 70 valence electrons. The van der Waals surface area contributed by atoms with E-state index in [1.54, 1.807) is 0 Å². The first-order chi connectivity index (χ1) is 4.91. The van der Waals surface area contributed by atoms with Gasteiger partial charge in [-0.2, -0.15) is 0 Å². The number of aliphatic hydroxyl groups excluding tert-OH is 2. The van der Waals surface area contributed by atoms with Crippen LogP contribution in [-0.2, 0) is 9.47 Å². The zero-order valence-electron chi connectivity index (χ0n) is 6.33. The summed E-state index contributed by atoms with van der Waals surface area (Å²) in [7, 11) is 0. The zero-order chi connectivity index (χ0) is 7.66. The minimum Gasteiger partial charge on any atom is -1.00 e. The van der Waals surface area contributed by atoms with Crippen molar-refractivity contribution in [3.05, 3.63) is 0 Å². The van der Waals surface area contributed by atoms with E-state index in [0.29, 0.717) is 26.4 Å². The number of halogens is 1. The molecule has 0 bridgehead atoms. The molecule has 0 spiro atoms. The van der Waals surface area contributed by atoms with E-state index in [9.17, 15) is 0 Å². The predicted molar refractivity (Wildman–Crippen MR) is 35.8 cm³/mol. The third-order valence-electron chi connectivity index (χ3n) is 0.843. The summed E-state index contributed by atoms with van der Waals surface area (Å²) in [5.74, 6) is 0. The van der Waals surface area contributed by atoms with Gasteiger partial charge in [0.05, 0.1) is 39.6 Å². The minimum absolute atomic E-state index is 0. The fraction of sp³-hybridized carbons (Fsp3) is 1.00. The second-order valence-electron chi connectivity index (χ2n) is 1.67. The molecular weight excluding hydrogens is 172 g/mol. The topological polar surface area (TPSA) is 58.9 Å². The monoisotopic (exact) mass is 185 g/mol. The van der Waals surface area contributed by atoms with E-state index in [2.05, 4.69) is 0 Å². The Labute approximate surface area is 72.5 Å². The molecule has 0 aliphatic heterocycles. The standard InChI is InChI=1S/C6H14O4.ClH/c7-1-3-9-5-6-10-4-2-8;/h7-8H,1-6H2;1H/p-1. The number of rotatable bonds is 7. The molecular formula is C6H14ClO4-. The van der Waals surface area contributed by atoms with E-state index in [1.165, 1.54) is 0 Å². The summed E-state index contributed by atoms with van der Waals surface area (Å²) < 4.78 is 9.75. The molecule has 2 N–H and O–H groups in total. The van der Waals surface area contributed by atoms with Gasteiger partial charge in [0.15, 0.2) is 0 Å². The van der Waals surface area contributed by atoms with Crippen LogP contribution in [0.15, 0.2) is 0 Å². The van der Waals surface area contributed by atoms with Crippen molar-refractivity contribution >= 4 is 0 Å². The van der Waals surface area contributed by atoms with Crippen LogP contribution in [0.1, 0.15) is 0 Å². The highest BCUT2D eigenvalue weighted by Gasteiger charge is 1.86. The summed E-state index contributed by atoms with van der Waals surface area (Å²) in [5, 5.41) is 16.5. The van der Waals surface area contributed by atoms with Gasteiger partial charge in [0.25, 0.3) is 0 Å². The van der Waals surface area contributed by atoms with Gasteiger partial charge in [-0.1, -0.05) is 0 Å². The molecule has 0 aliphatic carbocycles. The molecule has 0 rings (SSSR count). The maximum absolute atomic E-state index is 8.26. The van der Waals surface area contributed by atoms with E-state index in [1.807, 2.05) is 0 Å². The summed E-state index contributed by atoms with van der Waals surface area (Å²) in [5.41, 5.74) is 0. The lowest BCUT2D eigenvalue weighted by molar-refractivity contribution is -0.00000445. The molecule has 0 fully saturated rings. The Morgan fingerprint density at radius 2 is 1.09 bits per heavy atom. The normalized spacial score (nSPS) is 9.27. The van der Waals surface area contributed by atoms with Gasteiger partial charge in [0.1, 0.15) is 0 Å². The lowest BCUT2D eigenvalue weighted by atomic mass is 10.7. The Hall–Kier alpha value is 0.130. The van der Waals surface area contributed by atoms with Crippen LogP contribution < -0.4 is 12.4 Å². The lowest BCUT2D eigenvalue weighted by Crippen LogP contribution is -3.00. The smallest absolute Gasteiger partial charge is 0.0701 e. The van der Waals surface area contributed by atoms with Crippen LogP contribution in [-0.4, -0.2) is 49.9 Å². The van der Waals surface area contributed by atoms with Gasteiger partial charge in [0, 0.05) is 0 Å². The second kappa shape index (κ2) is 12.8. The van der Waals surface area contributed by atoms with Crippen LogP contribution in [0.2, 0.25) is 0 Å². The molecule has 0 aromatic rings. The molecule has 0 saturated carbocycles. The Morgan fingerprint density at radius 1 is 0.727 bits per heavy atom. The van der Waals surface area contributed by atoms with Crippen LogP contribution >= 0.6 is 0 Å². The lowest BCUT2D eigenvalue weighted by Gasteiger charge is -2.01. The van der Waals surface area contributed by atoms with Crippen molar-refractivity contribution in [3.8, 4) is 0 Å². The van der Waals surface area contributed by atoms with Crippen molar-refractivity contribution in [3.63, 3.8) is 0 Å². The highest BCUT2D eigenvalue weighted by Crippen LogP contribution is 1.76. The van der Waals surface area contributed by atoms with Gasteiger partial charge >= 0.3 is 0 Å². The van der Waals surface area contributed by atoms with Gasteiger partial charge in [0.2, 0.25) is 0 Å². The van der Waals surface area contributed by atoms with E-state index in [-0.39, 0.29) is 25.6 Å². The van der Waals surface area contributed by atoms with Gasteiger partial charge in [-0.3, -0.25) is 0 Å². The first-order valence-corrected chi connectivity index (χ1v) is 3.29. The molecule has 0 unspecified atom stereocenters. The van der Waals surface area contributed by atoms with Gasteiger partial charge in [-0.15, -0.1) is 0 Å². The number of hydrogen-bond acceptors (Lipinski definition) is 4. The quantitative estimate of drug-likeness (QED) is 0.397. The Bertz CT molecular complexity index is 54.5. The zero-order valence-corrected chi connectivity index (χ0v) is 7.09. The van der Waals surface area contributed by atoms with E-state index in [4.69, 9.17) is 19.7 Å². The van der Waals surface area contributed by atoms with Crippen molar-refractivity contribution in [1.82, 2.24) is 0 Å². The van der Waals surface area contributed by atoms with Gasteiger partial charge < -0.3 is 32.1 Å². The Kier molecular flexibility index (Phi) is 15.9. The third-order valence-corrected chi connectivity index (χ3v) is 0.843. The first-order valence-electron chi connectivity index (χ1n) is 3.29. The third kappa shape index (κ3) is 13.2. The number of hydrogen-bond donors (Lipinski definition) is 2. The van der Waals surface area contributed by atoms with Crippen molar-refractivity contribution in [2.75, 3.05) is 39.6 Å². The highest BCUT2D eigenvalue weighted by molar-refractivity contribution is 4.30. The van der Waals surface area contributed by atoms with Crippen LogP contribution in [0.25, 0.3) is 0 Å². The van der Waals surface area contributed by atoms with Crippen LogP contribution in [0, 0.1) is 0 Å². The average Bonchev–Trinajstić information content (AvgIpc) is 1.97. The van der Waals surface area contributed by atoms with Crippen LogP contribution in [0.4, 0.5) is 0 Å². The van der Waals surface area contributed by atoms with Crippen LogP contribution in [0.5, 0.6) is 0 Å². The fourth-order valence-corrected chi connectivity index (χ4v) is 0.451. The molecule has 0 atom stereocenters. The van der Waals surface area contributed by atoms with E-state index >= 15 is 0 Å². The number of ether oxygens (including phenoxy) is 2. The van der Waals surface area contributed by atoms with E-state index in [0.717, 1.165) is 0 Å². The summed E-state index contributed by atoms with van der Waals surface area (Å²) in [6, 6.07) is 0. The SMILES string of the molecule is OCCOCCOCCO.[Cl-]. The van der Waals surface area contributed by atoms with Gasteiger partial charge in [-0.25, -0.2) is 0 Å². The Balaban J connectivity index is 0. The molecule has 0 saturated heterocycles. The molecule has 11 heavy (non-hydrogen) atoms. The minimum atomic E-state index is 0. The summed E-state index contributed by atoms with van der Waals surface area (Å²) in [6.07, 6.45) is 0. The molecule has 0 aliphatic rings. The molecule has 0 radical (unpaired) electrons. The molecule has 5 heteroatoms. The highest BCUT2D eigenvalue weighted by atomic mass is 35.5. The summed E-state index contributed by atoms with van der Waals surface area (Å²) >= 11 is 0. The fourth-order valence-electron chi connectivity index (χ4n) is 0.451. The maximum atomic E-state index is 8.26. The Morgan fingerprint density at radius 3 is 1.36 bits per heavy atom. The van der Waals surface area contributed by atoms with Crippen molar-refractivity contribution in [2.45, 2.75) is 0 Å². The van der Waals surface area contributed by atoms with E-state index < -0.39 is 0 Å². The summed E-state index contributed by atoms with van der Waals surface area (Å²) in [6.45, 7) is 1.73. The molecule has 4 nitrogen and oxygen atoms in total. The van der Waals surface area contributed by atoms with Crippen molar-refractivity contribution < 1.29 is 32.1 Å². The van der Waals surface area contributed by atoms with Crippen molar-refractivity contribution in [2.24, 2.45) is 0 Å². The number of aliphatic hydroxyl groups is 2. The second-order valence-corrected chi connectivity index (χ2v) is 1.67. The molecule has 0 amide bonds. The van der Waals surface area contributed by atoms with Gasteiger partial charge in [-0.05, 0) is 0 Å². The average molecular weight is 186 g/mol. The first kappa shape index (κ1) is 13.7. The van der Waals surface area contributed by atoms with Crippen molar-refractivity contribution in [1.29, 1.82) is 0 Å². The molecule has 0 heterocycles. The predicted octanol–water partition coefficient (Wildman–Crippen LogP) is -3.99. The summed E-state index contributed by atoms with van der Waals surface area (Å²) in [4.78, 5) is 0. The van der Waals surface area contributed by atoms with Crippen LogP contribution in [0.3, 0.4) is 0 Å². The molecule has 0 aromatic heterocycles. The largest absolute Gasteiger partial charge is 1.00 e.